The van der Waals surface area contributed by atoms with E-state index < -0.39 is 18.0 Å². The molecule has 1 atom stereocenters. The molecule has 4 nitrogen and oxygen atoms in total. The molecule has 2 N–H and O–H groups in total. The van der Waals surface area contributed by atoms with Crippen LogP contribution in [-0.4, -0.2) is 18.0 Å². The second kappa shape index (κ2) is 5.89. The zero-order valence-electron chi connectivity index (χ0n) is 9.07. The van der Waals surface area contributed by atoms with Crippen LogP contribution in [0.25, 0.3) is 0 Å². The van der Waals surface area contributed by atoms with E-state index in [2.05, 4.69) is 0 Å². The van der Waals surface area contributed by atoms with E-state index in [4.69, 9.17) is 33.7 Å². The van der Waals surface area contributed by atoms with Crippen LogP contribution in [0.5, 0.6) is 0 Å². The quantitative estimate of drug-likeness (QED) is 0.854. The lowest BCUT2D eigenvalue weighted by atomic mass is 10.1. The van der Waals surface area contributed by atoms with Gasteiger partial charge in [-0.2, -0.15) is 0 Å². The van der Waals surface area contributed by atoms with E-state index in [-0.39, 0.29) is 6.42 Å². The van der Waals surface area contributed by atoms with Crippen molar-refractivity contribution in [2.45, 2.75) is 19.4 Å². The Balaban J connectivity index is 2.65. The number of amides is 1. The molecule has 0 heterocycles. The Morgan fingerprint density at radius 1 is 1.41 bits per heavy atom. The van der Waals surface area contributed by atoms with Gasteiger partial charge in [0.15, 0.2) is 6.10 Å². The molecule has 0 bridgehead atoms. The summed E-state index contributed by atoms with van der Waals surface area (Å²) in [6.07, 6.45) is -0.984. The predicted molar refractivity (Wildman–Crippen MR) is 64.9 cm³/mol. The molecule has 0 saturated heterocycles. The molecule has 6 heteroatoms. The minimum Gasteiger partial charge on any atom is -0.452 e. The number of hydrogen-bond acceptors (Lipinski definition) is 3. The van der Waals surface area contributed by atoms with E-state index >= 15 is 0 Å². The first kappa shape index (κ1) is 13.8. The Kier molecular flexibility index (Phi) is 4.78. The lowest BCUT2D eigenvalue weighted by Gasteiger charge is -2.10. The first-order valence-corrected chi connectivity index (χ1v) is 5.58. The van der Waals surface area contributed by atoms with Gasteiger partial charge in [-0.1, -0.05) is 29.3 Å². The van der Waals surface area contributed by atoms with Crippen LogP contribution in [0.4, 0.5) is 0 Å². The lowest BCUT2D eigenvalue weighted by molar-refractivity contribution is -0.153. The number of carbonyl (C=O) groups excluding carboxylic acids is 2. The van der Waals surface area contributed by atoms with E-state index in [1.807, 2.05) is 0 Å². The minimum absolute atomic E-state index is 0.0341. The maximum Gasteiger partial charge on any atom is 0.311 e. The smallest absolute Gasteiger partial charge is 0.311 e. The zero-order chi connectivity index (χ0) is 13.0. The van der Waals surface area contributed by atoms with Gasteiger partial charge in [0, 0.05) is 10.0 Å². The summed E-state index contributed by atoms with van der Waals surface area (Å²) in [5.41, 5.74) is 5.55. The van der Waals surface area contributed by atoms with Crippen molar-refractivity contribution < 1.29 is 14.3 Å². The zero-order valence-corrected chi connectivity index (χ0v) is 10.6. The summed E-state index contributed by atoms with van der Waals surface area (Å²) in [5.74, 6) is -1.26. The van der Waals surface area contributed by atoms with Gasteiger partial charge < -0.3 is 10.5 Å². The molecule has 0 spiro atoms. The third kappa shape index (κ3) is 4.24. The van der Waals surface area contributed by atoms with Crippen LogP contribution >= 0.6 is 23.2 Å². The minimum atomic E-state index is -0.950. The first-order chi connectivity index (χ1) is 7.90. The Morgan fingerprint density at radius 2 is 2.06 bits per heavy atom. The largest absolute Gasteiger partial charge is 0.452 e. The lowest BCUT2D eigenvalue weighted by Crippen LogP contribution is -2.30. The summed E-state index contributed by atoms with van der Waals surface area (Å²) >= 11 is 11.6. The highest BCUT2D eigenvalue weighted by atomic mass is 35.5. The van der Waals surface area contributed by atoms with Crippen LogP contribution in [-0.2, 0) is 20.7 Å². The summed E-state index contributed by atoms with van der Waals surface area (Å²) in [6, 6.07) is 4.78. The highest BCUT2D eigenvalue weighted by Crippen LogP contribution is 2.21. The van der Waals surface area contributed by atoms with Crippen molar-refractivity contribution in [2.24, 2.45) is 5.73 Å². The maximum absolute atomic E-state index is 11.4. The van der Waals surface area contributed by atoms with Gasteiger partial charge in [0.2, 0.25) is 0 Å². The molecule has 1 aromatic carbocycles. The predicted octanol–water partition coefficient (Wildman–Crippen LogP) is 1.95. The molecular formula is C11H11Cl2NO3. The molecule has 0 saturated carbocycles. The monoisotopic (exact) mass is 275 g/mol. The molecule has 0 aliphatic carbocycles. The molecule has 1 amide bonds. The van der Waals surface area contributed by atoms with Crippen LogP contribution < -0.4 is 5.73 Å². The topological polar surface area (TPSA) is 69.4 Å². The first-order valence-electron chi connectivity index (χ1n) is 4.83. The number of carbonyl (C=O) groups is 2. The molecule has 1 aromatic rings. The van der Waals surface area contributed by atoms with E-state index in [0.717, 1.165) is 0 Å². The number of ether oxygens (including phenoxy) is 1. The standard InChI is InChI=1S/C11H11Cl2NO3/c1-6(11(14)16)17-10(15)4-7-2-3-8(12)5-9(7)13/h2-3,5-6H,4H2,1H3,(H2,14,16)/t6-/m0/s1. The molecule has 0 aliphatic heterocycles. The molecule has 0 aromatic heterocycles. The SMILES string of the molecule is C[C@H](OC(=O)Cc1ccc(Cl)cc1Cl)C(N)=O. The fraction of sp³-hybridized carbons (Fsp3) is 0.273. The van der Waals surface area contributed by atoms with Gasteiger partial charge in [-0.3, -0.25) is 9.59 Å². The number of primary amides is 1. The van der Waals surface area contributed by atoms with Crippen molar-refractivity contribution in [1.29, 1.82) is 0 Å². The average Bonchev–Trinajstić information content (AvgIpc) is 2.22. The molecule has 0 fully saturated rings. The summed E-state index contributed by atoms with van der Waals surface area (Å²) in [4.78, 5) is 22.1. The molecule has 0 aliphatic rings. The Bertz CT molecular complexity index is 448. The van der Waals surface area contributed by atoms with E-state index in [1.165, 1.54) is 13.0 Å². The van der Waals surface area contributed by atoms with Crippen molar-refractivity contribution in [1.82, 2.24) is 0 Å². The summed E-state index contributed by atoms with van der Waals surface area (Å²) < 4.78 is 4.80. The van der Waals surface area contributed by atoms with Gasteiger partial charge in [0.1, 0.15) is 0 Å². The number of rotatable bonds is 4. The van der Waals surface area contributed by atoms with Crippen LogP contribution in [0.1, 0.15) is 12.5 Å². The van der Waals surface area contributed by atoms with Crippen molar-refractivity contribution in [3.8, 4) is 0 Å². The van der Waals surface area contributed by atoms with Crippen molar-refractivity contribution in [2.75, 3.05) is 0 Å². The second-order valence-corrected chi connectivity index (χ2v) is 4.29. The number of hydrogen-bond donors (Lipinski definition) is 1. The summed E-state index contributed by atoms with van der Waals surface area (Å²) in [5, 5.41) is 0.860. The average molecular weight is 276 g/mol. The molecule has 1 rings (SSSR count). The van der Waals surface area contributed by atoms with Gasteiger partial charge >= 0.3 is 5.97 Å². The highest BCUT2D eigenvalue weighted by Gasteiger charge is 2.15. The molecule has 17 heavy (non-hydrogen) atoms. The molecule has 92 valence electrons. The number of halogens is 2. The van der Waals surface area contributed by atoms with Crippen molar-refractivity contribution in [3.05, 3.63) is 33.8 Å². The van der Waals surface area contributed by atoms with E-state index in [9.17, 15) is 9.59 Å². The van der Waals surface area contributed by atoms with Crippen LogP contribution in [0.15, 0.2) is 18.2 Å². The van der Waals surface area contributed by atoms with Gasteiger partial charge in [0.05, 0.1) is 6.42 Å². The highest BCUT2D eigenvalue weighted by molar-refractivity contribution is 6.35. The second-order valence-electron chi connectivity index (χ2n) is 3.45. The van der Waals surface area contributed by atoms with Crippen molar-refractivity contribution in [3.63, 3.8) is 0 Å². The Morgan fingerprint density at radius 3 is 2.59 bits per heavy atom. The van der Waals surface area contributed by atoms with Gasteiger partial charge in [-0.15, -0.1) is 0 Å². The van der Waals surface area contributed by atoms with E-state index in [1.54, 1.807) is 12.1 Å². The van der Waals surface area contributed by atoms with Crippen LogP contribution in [0, 0.1) is 0 Å². The normalized spacial score (nSPS) is 11.9. The number of nitrogens with two attached hydrogens (primary N) is 1. The fourth-order valence-electron chi connectivity index (χ4n) is 1.12. The van der Waals surface area contributed by atoms with Crippen molar-refractivity contribution >= 4 is 35.1 Å². The Hall–Kier alpha value is -1.26. The summed E-state index contributed by atoms with van der Waals surface area (Å²) in [7, 11) is 0. The fourth-order valence-corrected chi connectivity index (χ4v) is 1.59. The molecule has 0 radical (unpaired) electrons. The third-order valence-electron chi connectivity index (χ3n) is 2.06. The third-order valence-corrected chi connectivity index (χ3v) is 2.65. The Labute approximate surface area is 109 Å². The van der Waals surface area contributed by atoms with Gasteiger partial charge in [-0.25, -0.2) is 0 Å². The van der Waals surface area contributed by atoms with Crippen LogP contribution in [0.2, 0.25) is 10.0 Å². The van der Waals surface area contributed by atoms with E-state index in [0.29, 0.717) is 15.6 Å². The van der Waals surface area contributed by atoms with Gasteiger partial charge in [-0.05, 0) is 24.6 Å². The number of benzene rings is 1. The van der Waals surface area contributed by atoms with Gasteiger partial charge in [0.25, 0.3) is 5.91 Å². The maximum atomic E-state index is 11.4. The number of esters is 1. The van der Waals surface area contributed by atoms with Crippen LogP contribution in [0.3, 0.4) is 0 Å². The molecule has 0 unspecified atom stereocenters. The summed E-state index contributed by atoms with van der Waals surface area (Å²) in [6.45, 7) is 1.41. The molecular weight excluding hydrogens is 265 g/mol.